The topological polar surface area (TPSA) is 68.0 Å². The van der Waals surface area contributed by atoms with Gasteiger partial charge in [0.2, 0.25) is 0 Å². The number of carbonyl (C=O) groups excluding carboxylic acids is 1. The molecule has 2 fully saturated rings. The maximum absolute atomic E-state index is 14.9. The molecule has 0 radical (unpaired) electrons. The van der Waals surface area contributed by atoms with Crippen molar-refractivity contribution in [1.29, 1.82) is 0 Å². The Morgan fingerprint density at radius 1 is 1.25 bits per heavy atom. The third kappa shape index (κ3) is 3.07. The summed E-state index contributed by atoms with van der Waals surface area (Å²) in [6, 6.07) is 4.63. The van der Waals surface area contributed by atoms with Crippen molar-refractivity contribution < 1.29 is 23.2 Å². The first kappa shape index (κ1) is 17.7. The van der Waals surface area contributed by atoms with Crippen molar-refractivity contribution in [3.8, 4) is 5.75 Å². The van der Waals surface area contributed by atoms with E-state index in [-0.39, 0.29) is 18.0 Å². The molecule has 148 valence electrons. The van der Waals surface area contributed by atoms with Crippen LogP contribution in [0.3, 0.4) is 0 Å². The molecular formula is C19H20FN3O4S. The number of cyclic esters (lactones) is 1. The highest BCUT2D eigenvalue weighted by Gasteiger charge is 2.46. The first-order valence-corrected chi connectivity index (χ1v) is 10.5. The van der Waals surface area contributed by atoms with Crippen LogP contribution in [-0.2, 0) is 11.2 Å². The van der Waals surface area contributed by atoms with Crippen molar-refractivity contribution >= 4 is 29.2 Å². The van der Waals surface area contributed by atoms with Crippen molar-refractivity contribution in [3.05, 3.63) is 36.0 Å². The van der Waals surface area contributed by atoms with Gasteiger partial charge in [0.25, 0.3) is 0 Å². The van der Waals surface area contributed by atoms with Crippen molar-refractivity contribution in [2.75, 3.05) is 41.0 Å². The van der Waals surface area contributed by atoms with Crippen molar-refractivity contribution in [2.45, 2.75) is 25.0 Å². The summed E-state index contributed by atoms with van der Waals surface area (Å²) in [6.45, 7) is 1.93. The van der Waals surface area contributed by atoms with Gasteiger partial charge in [0.05, 0.1) is 17.1 Å². The van der Waals surface area contributed by atoms with Crippen molar-refractivity contribution in [2.24, 2.45) is 0 Å². The number of benzene rings is 1. The molecule has 7 nitrogen and oxygen atoms in total. The molecule has 0 saturated carbocycles. The summed E-state index contributed by atoms with van der Waals surface area (Å²) < 4.78 is 31.2. The smallest absolute Gasteiger partial charge is 0.415 e. The lowest BCUT2D eigenvalue weighted by Crippen LogP contribution is -2.44. The van der Waals surface area contributed by atoms with Gasteiger partial charge < -0.3 is 18.9 Å². The Morgan fingerprint density at radius 2 is 2.11 bits per heavy atom. The fourth-order valence-corrected chi connectivity index (χ4v) is 4.89. The van der Waals surface area contributed by atoms with Crippen molar-refractivity contribution in [1.82, 2.24) is 5.16 Å². The monoisotopic (exact) mass is 405 g/mol. The fraction of sp³-hybridized carbons (Fsp3) is 0.474. The number of hydrogen-bond acceptors (Lipinski definition) is 7. The minimum atomic E-state index is -0.457. The van der Waals surface area contributed by atoms with Gasteiger partial charge in [-0.3, -0.25) is 4.90 Å². The summed E-state index contributed by atoms with van der Waals surface area (Å²) in [7, 11) is 0. The van der Waals surface area contributed by atoms with E-state index in [1.54, 1.807) is 12.1 Å². The molecule has 1 amide bonds. The average Bonchev–Trinajstić information content (AvgIpc) is 3.34. The summed E-state index contributed by atoms with van der Waals surface area (Å²) in [5, 5.41) is 3.89. The van der Waals surface area contributed by atoms with Crippen LogP contribution in [0.2, 0.25) is 0 Å². The first-order chi connectivity index (χ1) is 13.7. The maximum atomic E-state index is 14.9. The Labute approximate surface area is 165 Å². The first-order valence-electron chi connectivity index (χ1n) is 9.39. The summed E-state index contributed by atoms with van der Waals surface area (Å²) in [4.78, 5) is 16.1. The molecule has 1 aromatic heterocycles. The van der Waals surface area contributed by atoms with E-state index >= 15 is 0 Å². The van der Waals surface area contributed by atoms with Crippen LogP contribution in [0.15, 0.2) is 29.0 Å². The van der Waals surface area contributed by atoms with Crippen LogP contribution < -0.4 is 14.5 Å². The number of aromatic nitrogens is 1. The molecule has 2 aromatic rings. The Morgan fingerprint density at radius 3 is 2.89 bits per heavy atom. The van der Waals surface area contributed by atoms with E-state index in [4.69, 9.17) is 14.0 Å². The summed E-state index contributed by atoms with van der Waals surface area (Å²) in [5.74, 6) is 2.14. The van der Waals surface area contributed by atoms with E-state index in [0.29, 0.717) is 36.6 Å². The number of rotatable bonds is 4. The number of hydrogen-bond donors (Lipinski definition) is 0. The third-order valence-corrected chi connectivity index (χ3v) is 6.38. The number of thioether (sulfide) groups is 1. The molecule has 1 aromatic carbocycles. The van der Waals surface area contributed by atoms with Crippen LogP contribution in [0, 0.1) is 5.82 Å². The molecule has 4 heterocycles. The molecule has 2 atom stereocenters. The lowest BCUT2D eigenvalue weighted by Gasteiger charge is -2.34. The molecular weight excluding hydrogens is 385 g/mol. The summed E-state index contributed by atoms with van der Waals surface area (Å²) in [6.07, 6.45) is 1.96. The van der Waals surface area contributed by atoms with Crippen LogP contribution in [0.5, 0.6) is 5.75 Å². The molecule has 3 aliphatic heterocycles. The second-order valence-corrected chi connectivity index (χ2v) is 8.30. The summed E-state index contributed by atoms with van der Waals surface area (Å²) >= 11 is 1.87. The highest BCUT2D eigenvalue weighted by atomic mass is 32.2. The van der Waals surface area contributed by atoms with Gasteiger partial charge in [0.15, 0.2) is 0 Å². The lowest BCUT2D eigenvalue weighted by atomic mass is 10.0. The predicted octanol–water partition coefficient (Wildman–Crippen LogP) is 3.09. The maximum Gasteiger partial charge on any atom is 0.415 e. The Balaban J connectivity index is 1.38. The van der Waals surface area contributed by atoms with E-state index in [1.165, 1.54) is 17.2 Å². The Hall–Kier alpha value is -2.42. The van der Waals surface area contributed by atoms with Crippen LogP contribution in [-0.4, -0.2) is 54.6 Å². The molecule has 9 heteroatoms. The predicted molar refractivity (Wildman–Crippen MR) is 103 cm³/mol. The molecule has 3 aliphatic rings. The number of nitrogens with zero attached hydrogens (tertiary/aromatic N) is 3. The lowest BCUT2D eigenvalue weighted by molar-refractivity contribution is 0.115. The second kappa shape index (κ2) is 7.20. The van der Waals surface area contributed by atoms with E-state index in [0.717, 1.165) is 30.3 Å². The number of anilines is 2. The van der Waals surface area contributed by atoms with Gasteiger partial charge in [-0.1, -0.05) is 5.16 Å². The largest absolute Gasteiger partial charge is 0.489 e. The van der Waals surface area contributed by atoms with Crippen LogP contribution in [0.25, 0.3) is 0 Å². The zero-order valence-electron chi connectivity index (χ0n) is 15.2. The average molecular weight is 405 g/mol. The van der Waals surface area contributed by atoms with Gasteiger partial charge in [0.1, 0.15) is 36.6 Å². The molecule has 0 bridgehead atoms. The quantitative estimate of drug-likeness (QED) is 0.774. The number of carbonyl (C=O) groups is 1. The minimum absolute atomic E-state index is 0.275. The van der Waals surface area contributed by atoms with Crippen LogP contribution >= 0.6 is 11.8 Å². The highest BCUT2D eigenvalue weighted by molar-refractivity contribution is 7.99. The van der Waals surface area contributed by atoms with Gasteiger partial charge in [0, 0.05) is 42.8 Å². The molecule has 5 rings (SSSR count). The van der Waals surface area contributed by atoms with Gasteiger partial charge >= 0.3 is 6.09 Å². The zero-order chi connectivity index (χ0) is 19.1. The van der Waals surface area contributed by atoms with Gasteiger partial charge in [-0.05, 0) is 12.8 Å². The Kier molecular flexibility index (Phi) is 4.54. The van der Waals surface area contributed by atoms with Gasteiger partial charge in [-0.15, -0.1) is 0 Å². The van der Waals surface area contributed by atoms with Crippen LogP contribution in [0.4, 0.5) is 20.6 Å². The summed E-state index contributed by atoms with van der Waals surface area (Å²) in [5.41, 5.74) is 1.78. The van der Waals surface area contributed by atoms with Gasteiger partial charge in [-0.25, -0.2) is 9.18 Å². The molecule has 0 N–H and O–H groups in total. The number of halogens is 1. The van der Waals surface area contributed by atoms with E-state index in [1.807, 2.05) is 16.7 Å². The highest BCUT2D eigenvalue weighted by Crippen LogP contribution is 2.43. The van der Waals surface area contributed by atoms with E-state index in [9.17, 15) is 9.18 Å². The standard InChI is InChI=1S/C19H20FN3O4S/c20-13-9-15-18(10-14(13)22-4-7-28-8-5-22)25-11-16-17(27-19(24)23(15)16)2-1-12-3-6-26-21-12/h3,6,9-10,16-17H,1-2,4-5,7-8,11H2/t16-,17-/m0/s1. The normalized spacial score (nSPS) is 23.8. The molecule has 2 saturated heterocycles. The van der Waals surface area contributed by atoms with Crippen molar-refractivity contribution in [3.63, 3.8) is 0 Å². The van der Waals surface area contributed by atoms with E-state index < -0.39 is 6.09 Å². The SMILES string of the molecule is O=C1O[C@@H](CCc2ccon2)[C@@H]2COc3cc(N4CCSCC4)c(F)cc3N12. The minimum Gasteiger partial charge on any atom is -0.489 e. The van der Waals surface area contributed by atoms with Gasteiger partial charge in [-0.2, -0.15) is 11.8 Å². The molecule has 0 unspecified atom stereocenters. The number of fused-ring (bicyclic) bond motifs is 3. The molecule has 0 aliphatic carbocycles. The molecule has 0 spiro atoms. The number of amides is 1. The third-order valence-electron chi connectivity index (χ3n) is 5.44. The van der Waals surface area contributed by atoms with Crippen LogP contribution in [0.1, 0.15) is 12.1 Å². The molecule has 28 heavy (non-hydrogen) atoms. The number of aryl methyl sites for hydroxylation is 1. The van der Waals surface area contributed by atoms with E-state index in [2.05, 4.69) is 5.16 Å². The fourth-order valence-electron chi connectivity index (χ4n) is 3.99. The zero-order valence-corrected chi connectivity index (χ0v) is 16.0. The number of ether oxygens (including phenoxy) is 2. The second-order valence-electron chi connectivity index (χ2n) is 7.07. The Bertz CT molecular complexity index is 872.